The van der Waals surface area contributed by atoms with Gasteiger partial charge in [-0.05, 0) is 25.3 Å². The molecule has 1 aromatic heterocycles. The van der Waals surface area contributed by atoms with Crippen LogP contribution in [0, 0.1) is 0 Å². The van der Waals surface area contributed by atoms with E-state index in [4.69, 9.17) is 23.2 Å². The number of aromatic nitrogens is 1. The Morgan fingerprint density at radius 1 is 1.55 bits per heavy atom. The van der Waals surface area contributed by atoms with Crippen LogP contribution in [0.2, 0.25) is 5.02 Å². The second-order valence-electron chi connectivity index (χ2n) is 4.84. The largest absolute Gasteiger partial charge is 0.390 e. The molecule has 1 aliphatic carbocycles. The quantitative estimate of drug-likeness (QED) is 0.702. The molecule has 110 valence electrons. The number of nitrogens with zero attached hydrogens (tertiary/aromatic N) is 1. The summed E-state index contributed by atoms with van der Waals surface area (Å²) in [5.41, 5.74) is 0.338. The molecule has 20 heavy (non-hydrogen) atoms. The van der Waals surface area contributed by atoms with Crippen LogP contribution in [0.3, 0.4) is 0 Å². The highest BCUT2D eigenvalue weighted by Gasteiger charge is 2.19. The lowest BCUT2D eigenvalue weighted by atomic mass is 9.93. The van der Waals surface area contributed by atoms with Gasteiger partial charge in [-0.15, -0.1) is 11.6 Å². The number of alkyl halides is 1. The van der Waals surface area contributed by atoms with Gasteiger partial charge in [0.15, 0.2) is 0 Å². The fourth-order valence-electron chi connectivity index (χ4n) is 1.81. The number of hydrogen-bond donors (Lipinski definition) is 3. The topological polar surface area (TPSA) is 74.2 Å². The lowest BCUT2D eigenvalue weighted by Crippen LogP contribution is -2.33. The summed E-state index contributed by atoms with van der Waals surface area (Å²) in [5, 5.41) is 15.5. The van der Waals surface area contributed by atoms with Crippen LogP contribution in [0.25, 0.3) is 0 Å². The normalized spacial score (nSPS) is 16.4. The molecule has 2 rings (SSSR count). The molecule has 0 spiro atoms. The summed E-state index contributed by atoms with van der Waals surface area (Å²) >= 11 is 11.5. The van der Waals surface area contributed by atoms with E-state index in [2.05, 4.69) is 15.6 Å². The number of aliphatic hydroxyl groups excluding tert-OH is 1. The highest BCUT2D eigenvalue weighted by molar-refractivity contribution is 6.33. The molecule has 0 saturated heterocycles. The summed E-state index contributed by atoms with van der Waals surface area (Å²) in [5.74, 6) is 0.360. The number of rotatable bonds is 6. The standard InChI is InChI=1S/C13H17Cl2N3O2/c14-5-9(19)6-17-13(20)10-4-12(16-7-11(10)15)18-8-2-1-3-8/h4,7-9,19H,1-3,5-6H2,(H,16,18)(H,17,20). The molecule has 1 fully saturated rings. The Morgan fingerprint density at radius 2 is 2.30 bits per heavy atom. The Hall–Kier alpha value is -1.04. The van der Waals surface area contributed by atoms with E-state index in [-0.39, 0.29) is 23.4 Å². The fraction of sp³-hybridized carbons (Fsp3) is 0.538. The predicted octanol–water partition coefficient (Wildman–Crippen LogP) is 2.03. The molecule has 0 radical (unpaired) electrons. The van der Waals surface area contributed by atoms with Crippen LogP contribution in [0.5, 0.6) is 0 Å². The Kier molecular flexibility index (Phi) is 5.46. The van der Waals surface area contributed by atoms with E-state index in [1.165, 1.54) is 12.6 Å². The van der Waals surface area contributed by atoms with Crippen molar-refractivity contribution in [2.45, 2.75) is 31.4 Å². The zero-order chi connectivity index (χ0) is 14.5. The smallest absolute Gasteiger partial charge is 0.253 e. The summed E-state index contributed by atoms with van der Waals surface area (Å²) < 4.78 is 0. The summed E-state index contributed by atoms with van der Waals surface area (Å²) in [6.07, 6.45) is 4.14. The van der Waals surface area contributed by atoms with E-state index in [1.54, 1.807) is 6.07 Å². The molecule has 5 nitrogen and oxygen atoms in total. The van der Waals surface area contributed by atoms with Gasteiger partial charge in [0.25, 0.3) is 5.91 Å². The van der Waals surface area contributed by atoms with Crippen molar-refractivity contribution in [3.8, 4) is 0 Å². The predicted molar refractivity (Wildman–Crippen MR) is 79.6 cm³/mol. The first-order chi connectivity index (χ1) is 9.60. The molecule has 1 atom stereocenters. The number of carbonyl (C=O) groups excluding carboxylic acids is 1. The van der Waals surface area contributed by atoms with Crippen molar-refractivity contribution in [1.82, 2.24) is 10.3 Å². The third-order valence-electron chi connectivity index (χ3n) is 3.23. The first-order valence-corrected chi connectivity index (χ1v) is 7.45. The van der Waals surface area contributed by atoms with Crippen LogP contribution in [-0.2, 0) is 0 Å². The van der Waals surface area contributed by atoms with Crippen molar-refractivity contribution >= 4 is 34.9 Å². The SMILES string of the molecule is O=C(NCC(O)CCl)c1cc(NC2CCC2)ncc1Cl. The second kappa shape index (κ2) is 7.11. The Labute approximate surface area is 127 Å². The maximum atomic E-state index is 12.0. The van der Waals surface area contributed by atoms with Crippen molar-refractivity contribution < 1.29 is 9.90 Å². The minimum Gasteiger partial charge on any atom is -0.390 e. The average molecular weight is 318 g/mol. The highest BCUT2D eigenvalue weighted by Crippen LogP contribution is 2.24. The molecule has 1 saturated carbocycles. The van der Waals surface area contributed by atoms with E-state index in [0.29, 0.717) is 17.4 Å². The highest BCUT2D eigenvalue weighted by atomic mass is 35.5. The van der Waals surface area contributed by atoms with Gasteiger partial charge < -0.3 is 15.7 Å². The lowest BCUT2D eigenvalue weighted by molar-refractivity contribution is 0.0925. The van der Waals surface area contributed by atoms with Gasteiger partial charge in [0.05, 0.1) is 22.6 Å². The number of nitrogens with one attached hydrogen (secondary N) is 2. The van der Waals surface area contributed by atoms with Gasteiger partial charge in [0.2, 0.25) is 0 Å². The monoisotopic (exact) mass is 317 g/mol. The van der Waals surface area contributed by atoms with Gasteiger partial charge in [-0.3, -0.25) is 4.79 Å². The van der Waals surface area contributed by atoms with Crippen molar-refractivity contribution in [1.29, 1.82) is 0 Å². The molecular weight excluding hydrogens is 301 g/mol. The van der Waals surface area contributed by atoms with Gasteiger partial charge in [0.1, 0.15) is 5.82 Å². The van der Waals surface area contributed by atoms with E-state index in [1.807, 2.05) is 0 Å². The Bertz CT molecular complexity index is 481. The maximum absolute atomic E-state index is 12.0. The lowest BCUT2D eigenvalue weighted by Gasteiger charge is -2.27. The number of anilines is 1. The van der Waals surface area contributed by atoms with Crippen molar-refractivity contribution in [3.63, 3.8) is 0 Å². The molecular formula is C13H17Cl2N3O2. The van der Waals surface area contributed by atoms with Crippen molar-refractivity contribution in [2.75, 3.05) is 17.7 Å². The minimum atomic E-state index is -0.770. The van der Waals surface area contributed by atoms with E-state index < -0.39 is 6.10 Å². The Morgan fingerprint density at radius 3 is 2.90 bits per heavy atom. The van der Waals surface area contributed by atoms with Gasteiger partial charge >= 0.3 is 0 Å². The first-order valence-electron chi connectivity index (χ1n) is 6.54. The average Bonchev–Trinajstić information content (AvgIpc) is 2.41. The minimum absolute atomic E-state index is 0.0683. The molecule has 3 N–H and O–H groups in total. The number of aliphatic hydroxyl groups is 1. The summed E-state index contributed by atoms with van der Waals surface area (Å²) in [6, 6.07) is 2.06. The first kappa shape index (κ1) is 15.4. The number of halogens is 2. The number of pyridine rings is 1. The molecule has 1 amide bonds. The maximum Gasteiger partial charge on any atom is 0.253 e. The fourth-order valence-corrected chi connectivity index (χ4v) is 2.11. The van der Waals surface area contributed by atoms with E-state index >= 15 is 0 Å². The molecule has 1 aliphatic rings. The third-order valence-corrected chi connectivity index (χ3v) is 3.89. The van der Waals surface area contributed by atoms with Gasteiger partial charge in [0, 0.05) is 18.8 Å². The van der Waals surface area contributed by atoms with Crippen LogP contribution >= 0.6 is 23.2 Å². The number of carbonyl (C=O) groups is 1. The molecule has 0 bridgehead atoms. The van der Waals surface area contributed by atoms with Crippen molar-refractivity contribution in [2.24, 2.45) is 0 Å². The van der Waals surface area contributed by atoms with Gasteiger partial charge in [-0.2, -0.15) is 0 Å². The molecule has 1 unspecified atom stereocenters. The van der Waals surface area contributed by atoms with Crippen LogP contribution in [0.4, 0.5) is 5.82 Å². The molecule has 7 heteroatoms. The van der Waals surface area contributed by atoms with Crippen LogP contribution < -0.4 is 10.6 Å². The summed E-state index contributed by atoms with van der Waals surface area (Å²) in [6.45, 7) is 0.0897. The zero-order valence-electron chi connectivity index (χ0n) is 10.9. The van der Waals surface area contributed by atoms with Gasteiger partial charge in [-0.1, -0.05) is 11.6 Å². The zero-order valence-corrected chi connectivity index (χ0v) is 12.4. The Balaban J connectivity index is 2.01. The molecule has 0 aromatic carbocycles. The van der Waals surface area contributed by atoms with Crippen LogP contribution in [0.1, 0.15) is 29.6 Å². The number of amides is 1. The van der Waals surface area contributed by atoms with E-state index in [9.17, 15) is 9.90 Å². The number of hydrogen-bond acceptors (Lipinski definition) is 4. The molecule has 1 aromatic rings. The molecule has 0 aliphatic heterocycles. The summed E-state index contributed by atoms with van der Waals surface area (Å²) in [7, 11) is 0. The summed E-state index contributed by atoms with van der Waals surface area (Å²) in [4.78, 5) is 16.2. The molecule has 1 heterocycles. The van der Waals surface area contributed by atoms with Gasteiger partial charge in [-0.25, -0.2) is 4.98 Å². The third kappa shape index (κ3) is 3.98. The van der Waals surface area contributed by atoms with Crippen LogP contribution in [0.15, 0.2) is 12.3 Å². The van der Waals surface area contributed by atoms with Crippen LogP contribution in [-0.4, -0.2) is 40.6 Å². The van der Waals surface area contributed by atoms with Crippen molar-refractivity contribution in [3.05, 3.63) is 22.8 Å². The second-order valence-corrected chi connectivity index (χ2v) is 5.56. The van der Waals surface area contributed by atoms with E-state index in [0.717, 1.165) is 12.8 Å².